The Kier molecular flexibility index (Phi) is 3.47. The van der Waals surface area contributed by atoms with Crippen molar-refractivity contribution in [3.05, 3.63) is 22.4 Å². The van der Waals surface area contributed by atoms with Crippen molar-refractivity contribution >= 4 is 23.2 Å². The minimum absolute atomic E-state index is 0.344. The van der Waals surface area contributed by atoms with Crippen molar-refractivity contribution in [3.8, 4) is 0 Å². The van der Waals surface area contributed by atoms with Gasteiger partial charge in [0.15, 0.2) is 0 Å². The van der Waals surface area contributed by atoms with Crippen LogP contribution in [0.2, 0.25) is 0 Å². The van der Waals surface area contributed by atoms with Gasteiger partial charge in [-0.3, -0.25) is 4.79 Å². The Morgan fingerprint density at radius 3 is 2.67 bits per heavy atom. The molecule has 2 N–H and O–H groups in total. The molecule has 0 aliphatic heterocycles. The van der Waals surface area contributed by atoms with Gasteiger partial charge in [-0.25, -0.2) is 4.79 Å². The van der Waals surface area contributed by atoms with Gasteiger partial charge in [0, 0.05) is 5.38 Å². The van der Waals surface area contributed by atoms with E-state index in [0.717, 1.165) is 0 Å². The van der Waals surface area contributed by atoms with Gasteiger partial charge in [-0.2, -0.15) is 11.3 Å². The SMILES string of the molecule is CCC(C)(NC(=O)c1ccsc1)C(=O)O. The number of hydrogen-bond donors (Lipinski definition) is 2. The molecule has 1 heterocycles. The van der Waals surface area contributed by atoms with Gasteiger partial charge in [0.05, 0.1) is 5.56 Å². The number of carbonyl (C=O) groups is 2. The van der Waals surface area contributed by atoms with E-state index in [4.69, 9.17) is 5.11 Å². The number of carboxylic acids is 1. The summed E-state index contributed by atoms with van der Waals surface area (Å²) in [7, 11) is 0. The van der Waals surface area contributed by atoms with Gasteiger partial charge in [-0.1, -0.05) is 6.92 Å². The lowest BCUT2D eigenvalue weighted by atomic mass is 9.99. The summed E-state index contributed by atoms with van der Waals surface area (Å²) in [4.78, 5) is 22.6. The second kappa shape index (κ2) is 4.44. The lowest BCUT2D eigenvalue weighted by Crippen LogP contribution is -2.51. The summed E-state index contributed by atoms with van der Waals surface area (Å²) >= 11 is 1.40. The quantitative estimate of drug-likeness (QED) is 0.823. The first-order chi connectivity index (χ1) is 6.99. The van der Waals surface area contributed by atoms with Gasteiger partial charge < -0.3 is 10.4 Å². The lowest BCUT2D eigenvalue weighted by Gasteiger charge is -2.24. The molecule has 1 atom stereocenters. The predicted octanol–water partition coefficient (Wildman–Crippen LogP) is 1.73. The summed E-state index contributed by atoms with van der Waals surface area (Å²) in [6.07, 6.45) is 0.345. The average molecular weight is 227 g/mol. The van der Waals surface area contributed by atoms with Crippen LogP contribution in [0.4, 0.5) is 0 Å². The normalized spacial score (nSPS) is 14.3. The van der Waals surface area contributed by atoms with Crippen molar-refractivity contribution in [2.75, 3.05) is 0 Å². The molecule has 82 valence electrons. The number of amides is 1. The first-order valence-electron chi connectivity index (χ1n) is 4.57. The number of hydrogen-bond acceptors (Lipinski definition) is 3. The molecule has 1 aromatic rings. The molecule has 0 saturated heterocycles. The second-order valence-corrected chi connectivity index (χ2v) is 4.24. The number of aliphatic carboxylic acids is 1. The first kappa shape index (κ1) is 11.7. The third-order valence-electron chi connectivity index (χ3n) is 2.35. The van der Waals surface area contributed by atoms with E-state index in [1.165, 1.54) is 18.3 Å². The zero-order valence-corrected chi connectivity index (χ0v) is 9.43. The van der Waals surface area contributed by atoms with Crippen molar-refractivity contribution in [3.63, 3.8) is 0 Å². The fourth-order valence-corrected chi connectivity index (χ4v) is 1.65. The maximum Gasteiger partial charge on any atom is 0.329 e. The van der Waals surface area contributed by atoms with Crippen LogP contribution < -0.4 is 5.32 Å². The highest BCUT2D eigenvalue weighted by Crippen LogP contribution is 2.12. The lowest BCUT2D eigenvalue weighted by molar-refractivity contribution is -0.143. The first-order valence-corrected chi connectivity index (χ1v) is 5.52. The molecule has 1 unspecified atom stereocenters. The zero-order chi connectivity index (χ0) is 11.5. The number of rotatable bonds is 4. The van der Waals surface area contributed by atoms with Gasteiger partial charge in [0.2, 0.25) is 0 Å². The van der Waals surface area contributed by atoms with Crippen molar-refractivity contribution in [2.45, 2.75) is 25.8 Å². The van der Waals surface area contributed by atoms with Gasteiger partial charge in [-0.15, -0.1) is 0 Å². The van der Waals surface area contributed by atoms with E-state index in [0.29, 0.717) is 12.0 Å². The largest absolute Gasteiger partial charge is 0.480 e. The van der Waals surface area contributed by atoms with Crippen LogP contribution in [-0.2, 0) is 4.79 Å². The van der Waals surface area contributed by atoms with Crippen LogP contribution in [0.25, 0.3) is 0 Å². The Bertz CT molecular complexity index is 361. The molecule has 4 nitrogen and oxygen atoms in total. The molecule has 1 rings (SSSR count). The summed E-state index contributed by atoms with van der Waals surface area (Å²) < 4.78 is 0. The summed E-state index contributed by atoms with van der Waals surface area (Å²) in [5, 5.41) is 14.9. The van der Waals surface area contributed by atoms with E-state index < -0.39 is 11.5 Å². The van der Waals surface area contributed by atoms with Crippen LogP contribution in [0.15, 0.2) is 16.8 Å². The van der Waals surface area contributed by atoms with E-state index in [9.17, 15) is 9.59 Å². The van der Waals surface area contributed by atoms with Crippen LogP contribution in [0.5, 0.6) is 0 Å². The minimum atomic E-state index is -1.20. The highest BCUT2D eigenvalue weighted by Gasteiger charge is 2.32. The Labute approximate surface area is 91.9 Å². The Morgan fingerprint density at radius 1 is 1.60 bits per heavy atom. The van der Waals surface area contributed by atoms with Crippen molar-refractivity contribution in [1.82, 2.24) is 5.32 Å². The molecule has 0 aromatic carbocycles. The monoisotopic (exact) mass is 227 g/mol. The number of nitrogens with one attached hydrogen (secondary N) is 1. The molecule has 0 aliphatic rings. The molecular formula is C10H13NO3S. The van der Waals surface area contributed by atoms with Crippen LogP contribution in [-0.4, -0.2) is 22.5 Å². The number of thiophene rings is 1. The van der Waals surface area contributed by atoms with Gasteiger partial charge >= 0.3 is 5.97 Å². The predicted molar refractivity (Wildman–Crippen MR) is 58.1 cm³/mol. The molecule has 0 bridgehead atoms. The Hall–Kier alpha value is -1.36. The van der Waals surface area contributed by atoms with Crippen LogP contribution in [0, 0.1) is 0 Å². The molecule has 0 spiro atoms. The third-order valence-corrected chi connectivity index (χ3v) is 3.04. The maximum atomic E-state index is 11.6. The average Bonchev–Trinajstić information content (AvgIpc) is 2.70. The zero-order valence-electron chi connectivity index (χ0n) is 8.61. The number of carbonyl (C=O) groups excluding carboxylic acids is 1. The van der Waals surface area contributed by atoms with E-state index in [1.54, 1.807) is 23.8 Å². The molecule has 0 radical (unpaired) electrons. The second-order valence-electron chi connectivity index (χ2n) is 3.46. The van der Waals surface area contributed by atoms with E-state index in [2.05, 4.69) is 5.32 Å². The number of carboxylic acid groups (broad SMARTS) is 1. The standard InChI is InChI=1S/C10H13NO3S/c1-3-10(2,9(13)14)11-8(12)7-4-5-15-6-7/h4-6H,3H2,1-2H3,(H,11,12)(H,13,14). The molecule has 0 aliphatic carbocycles. The van der Waals surface area contributed by atoms with Gasteiger partial charge in [-0.05, 0) is 24.8 Å². The Morgan fingerprint density at radius 2 is 2.27 bits per heavy atom. The fourth-order valence-electron chi connectivity index (χ4n) is 1.01. The molecule has 1 aromatic heterocycles. The summed E-state index contributed by atoms with van der Waals surface area (Å²) in [6.45, 7) is 3.22. The van der Waals surface area contributed by atoms with Crippen molar-refractivity contribution < 1.29 is 14.7 Å². The maximum absolute atomic E-state index is 11.6. The molecule has 1 amide bonds. The third kappa shape index (κ3) is 2.56. The van der Waals surface area contributed by atoms with Crippen LogP contribution in [0.1, 0.15) is 30.6 Å². The molecule has 5 heteroatoms. The van der Waals surface area contributed by atoms with Crippen LogP contribution >= 0.6 is 11.3 Å². The van der Waals surface area contributed by atoms with Gasteiger partial charge in [0.1, 0.15) is 5.54 Å². The summed E-state index contributed by atoms with van der Waals surface area (Å²) in [5.74, 6) is -1.36. The highest BCUT2D eigenvalue weighted by molar-refractivity contribution is 7.08. The van der Waals surface area contributed by atoms with Crippen molar-refractivity contribution in [1.29, 1.82) is 0 Å². The van der Waals surface area contributed by atoms with Crippen molar-refractivity contribution in [2.24, 2.45) is 0 Å². The van der Waals surface area contributed by atoms with Crippen LogP contribution in [0.3, 0.4) is 0 Å². The topological polar surface area (TPSA) is 66.4 Å². The van der Waals surface area contributed by atoms with Gasteiger partial charge in [0.25, 0.3) is 5.91 Å². The summed E-state index contributed by atoms with van der Waals surface area (Å²) in [6, 6.07) is 1.66. The fraction of sp³-hybridized carbons (Fsp3) is 0.400. The molecule has 15 heavy (non-hydrogen) atoms. The summed E-state index contributed by atoms with van der Waals surface area (Å²) in [5.41, 5.74) is -0.695. The smallest absolute Gasteiger partial charge is 0.329 e. The molecular weight excluding hydrogens is 214 g/mol. The minimum Gasteiger partial charge on any atom is -0.480 e. The highest BCUT2D eigenvalue weighted by atomic mass is 32.1. The Balaban J connectivity index is 2.77. The van der Waals surface area contributed by atoms with E-state index >= 15 is 0 Å². The van der Waals surface area contributed by atoms with E-state index in [-0.39, 0.29) is 5.91 Å². The van der Waals surface area contributed by atoms with E-state index in [1.807, 2.05) is 0 Å². The molecule has 0 saturated carbocycles. The molecule has 0 fully saturated rings.